The molecule has 14 heteroatoms. The van der Waals surface area contributed by atoms with Crippen LogP contribution in [0, 0.1) is 10.1 Å². The number of carbonyl (C=O) groups is 1. The monoisotopic (exact) mass is 453 g/mol. The van der Waals surface area contributed by atoms with E-state index in [9.17, 15) is 33.0 Å². The molecule has 3 rings (SSSR count). The molecule has 1 atom stereocenters. The number of hydrogen-bond donors (Lipinski definition) is 2. The van der Waals surface area contributed by atoms with Gasteiger partial charge in [-0.2, -0.15) is 28.8 Å². The van der Waals surface area contributed by atoms with E-state index in [1.54, 1.807) is 0 Å². The van der Waals surface area contributed by atoms with Crippen LogP contribution in [0.1, 0.15) is 6.92 Å². The number of nitro groups is 1. The van der Waals surface area contributed by atoms with Gasteiger partial charge < -0.3 is 5.11 Å². The summed E-state index contributed by atoms with van der Waals surface area (Å²) in [7, 11) is -4.54. The van der Waals surface area contributed by atoms with Crippen LogP contribution in [0.5, 0.6) is 5.75 Å². The number of amides is 1. The highest BCUT2D eigenvalue weighted by Gasteiger charge is 2.36. The molecule has 0 fully saturated rings. The molecule has 1 unspecified atom stereocenters. The third-order valence-electron chi connectivity index (χ3n) is 3.99. The molecule has 0 saturated heterocycles. The van der Waals surface area contributed by atoms with Crippen molar-refractivity contribution in [2.75, 3.05) is 5.01 Å². The Morgan fingerprint density at radius 3 is 2.57 bits per heavy atom. The van der Waals surface area contributed by atoms with E-state index in [-0.39, 0.29) is 27.8 Å². The third kappa shape index (κ3) is 4.12. The summed E-state index contributed by atoms with van der Waals surface area (Å²) in [6, 6.07) is 5.18. The van der Waals surface area contributed by atoms with Crippen LogP contribution in [0.15, 0.2) is 56.6 Å². The number of halogens is 1. The fraction of sp³-hybridized carbons (Fsp3) is 0.125. The van der Waals surface area contributed by atoms with E-state index in [1.807, 2.05) is 0 Å². The number of phenols is 1. The van der Waals surface area contributed by atoms with E-state index in [0.29, 0.717) is 0 Å². The molecule has 1 aliphatic heterocycles. The Hall–Kier alpha value is -3.42. The highest BCUT2D eigenvalue weighted by molar-refractivity contribution is 7.85. The van der Waals surface area contributed by atoms with Crippen molar-refractivity contribution in [3.8, 4) is 5.75 Å². The van der Waals surface area contributed by atoms with Gasteiger partial charge in [0.05, 0.1) is 32.3 Å². The lowest BCUT2D eigenvalue weighted by Gasteiger charge is -2.15. The normalized spacial score (nSPS) is 16.9. The highest BCUT2D eigenvalue weighted by Crippen LogP contribution is 2.34. The topological polar surface area (TPSA) is 175 Å². The highest BCUT2D eigenvalue weighted by atomic mass is 35.5. The number of anilines is 1. The molecule has 1 aliphatic rings. The minimum absolute atomic E-state index is 0.00194. The second-order valence-electron chi connectivity index (χ2n) is 6.03. The fourth-order valence-corrected chi connectivity index (χ4v) is 3.21. The number of aromatic hydroxyl groups is 1. The Balaban J connectivity index is 1.90. The first-order valence-electron chi connectivity index (χ1n) is 8.03. The van der Waals surface area contributed by atoms with Crippen molar-refractivity contribution in [3.05, 3.63) is 51.5 Å². The Labute approximate surface area is 174 Å². The molecule has 2 N–H and O–H groups in total. The van der Waals surface area contributed by atoms with Gasteiger partial charge in [0.2, 0.25) is 0 Å². The Bertz CT molecular complexity index is 1230. The van der Waals surface area contributed by atoms with Gasteiger partial charge in [-0.3, -0.25) is 19.5 Å². The fourth-order valence-electron chi connectivity index (χ4n) is 2.51. The van der Waals surface area contributed by atoms with Gasteiger partial charge in [-0.15, -0.1) is 0 Å². The van der Waals surface area contributed by atoms with Gasteiger partial charge in [-0.1, -0.05) is 11.6 Å². The number of hydrogen-bond acceptors (Lipinski definition) is 9. The van der Waals surface area contributed by atoms with Gasteiger partial charge in [-0.05, 0) is 31.2 Å². The van der Waals surface area contributed by atoms with Crippen LogP contribution in [0.25, 0.3) is 0 Å². The van der Waals surface area contributed by atoms with Crippen LogP contribution >= 0.6 is 11.6 Å². The summed E-state index contributed by atoms with van der Waals surface area (Å²) >= 11 is 6.04. The van der Waals surface area contributed by atoms with Gasteiger partial charge in [0.15, 0.2) is 6.04 Å². The molecule has 156 valence electrons. The van der Waals surface area contributed by atoms with Crippen LogP contribution in [-0.2, 0) is 14.9 Å². The lowest BCUT2D eigenvalue weighted by molar-refractivity contribution is -0.384. The first kappa shape index (κ1) is 21.3. The largest absolute Gasteiger partial charge is 0.505 e. The summed E-state index contributed by atoms with van der Waals surface area (Å²) < 4.78 is 31.9. The second-order valence-corrected chi connectivity index (χ2v) is 7.86. The van der Waals surface area contributed by atoms with Gasteiger partial charge in [0.1, 0.15) is 11.4 Å². The predicted molar refractivity (Wildman–Crippen MR) is 105 cm³/mol. The SMILES string of the molecule is CC1=NN(c2cc(S(=O)(=O)O)ccc2Cl)C(=O)C1N=Nc1ccc([N+](=O)[O-])cc1O. The van der Waals surface area contributed by atoms with Crippen LogP contribution in [-0.4, -0.2) is 40.7 Å². The van der Waals surface area contributed by atoms with Gasteiger partial charge in [0, 0.05) is 6.07 Å². The van der Waals surface area contributed by atoms with Crippen molar-refractivity contribution in [2.45, 2.75) is 17.9 Å². The number of rotatable bonds is 5. The zero-order valence-corrected chi connectivity index (χ0v) is 16.6. The maximum absolute atomic E-state index is 12.7. The minimum atomic E-state index is -4.54. The number of benzene rings is 2. The van der Waals surface area contributed by atoms with E-state index in [4.69, 9.17) is 11.6 Å². The number of phenolic OH excluding ortho intramolecular Hbond substituents is 1. The van der Waals surface area contributed by atoms with E-state index in [0.717, 1.165) is 35.3 Å². The minimum Gasteiger partial charge on any atom is -0.505 e. The third-order valence-corrected chi connectivity index (χ3v) is 5.16. The Morgan fingerprint density at radius 2 is 1.97 bits per heavy atom. The van der Waals surface area contributed by atoms with Gasteiger partial charge in [0.25, 0.3) is 21.7 Å². The van der Waals surface area contributed by atoms with E-state index in [2.05, 4.69) is 15.3 Å². The Kier molecular flexibility index (Phi) is 5.52. The average Bonchev–Trinajstić information content (AvgIpc) is 2.94. The molecular formula is C16H12ClN5O7S. The molecular weight excluding hydrogens is 442 g/mol. The smallest absolute Gasteiger partial charge is 0.294 e. The molecule has 0 bridgehead atoms. The molecule has 0 radical (unpaired) electrons. The summed E-state index contributed by atoms with van der Waals surface area (Å²) in [6.07, 6.45) is 0. The quantitative estimate of drug-likeness (QED) is 0.302. The van der Waals surface area contributed by atoms with Crippen molar-refractivity contribution in [2.24, 2.45) is 15.3 Å². The number of nitrogens with zero attached hydrogens (tertiary/aromatic N) is 5. The molecule has 12 nitrogen and oxygen atoms in total. The Morgan fingerprint density at radius 1 is 1.27 bits per heavy atom. The molecule has 1 amide bonds. The molecule has 2 aromatic carbocycles. The van der Waals surface area contributed by atoms with Crippen LogP contribution in [0.4, 0.5) is 17.1 Å². The molecule has 2 aromatic rings. The second kappa shape index (κ2) is 7.78. The molecule has 30 heavy (non-hydrogen) atoms. The number of nitro benzene ring substituents is 1. The van der Waals surface area contributed by atoms with Gasteiger partial charge in [-0.25, -0.2) is 0 Å². The van der Waals surface area contributed by atoms with Crippen molar-refractivity contribution in [1.29, 1.82) is 0 Å². The maximum Gasteiger partial charge on any atom is 0.294 e. The lowest BCUT2D eigenvalue weighted by atomic mass is 10.2. The number of non-ortho nitro benzene ring substituents is 1. The standard InChI is InChI=1S/C16H12ClN5O7S/c1-8-15(19-18-12-5-2-9(22(25)26)6-14(12)23)16(24)21(20-8)13-7-10(30(27,28)29)3-4-11(13)17/h2-7,15,23H,1H3,(H,27,28,29). The summed E-state index contributed by atoms with van der Waals surface area (Å²) in [5.74, 6) is -1.22. The molecule has 1 heterocycles. The zero-order chi connectivity index (χ0) is 22.2. The van der Waals surface area contributed by atoms with E-state index in [1.165, 1.54) is 13.0 Å². The molecule has 0 aliphatic carbocycles. The van der Waals surface area contributed by atoms with Crippen LogP contribution < -0.4 is 5.01 Å². The first-order valence-corrected chi connectivity index (χ1v) is 9.85. The van der Waals surface area contributed by atoms with Crippen molar-refractivity contribution in [1.82, 2.24) is 0 Å². The van der Waals surface area contributed by atoms with Crippen molar-refractivity contribution < 1.29 is 27.8 Å². The van der Waals surface area contributed by atoms with E-state index < -0.39 is 37.6 Å². The summed E-state index contributed by atoms with van der Waals surface area (Å²) in [6.45, 7) is 1.47. The van der Waals surface area contributed by atoms with Crippen molar-refractivity contribution in [3.63, 3.8) is 0 Å². The summed E-state index contributed by atoms with van der Waals surface area (Å²) in [4.78, 5) is 22.2. The van der Waals surface area contributed by atoms with E-state index >= 15 is 0 Å². The number of carbonyl (C=O) groups excluding carboxylic acids is 1. The molecule has 0 saturated carbocycles. The summed E-state index contributed by atoms with van der Waals surface area (Å²) in [5.41, 5.74) is -0.350. The molecule has 0 spiro atoms. The number of hydrazone groups is 1. The van der Waals surface area contributed by atoms with Gasteiger partial charge >= 0.3 is 0 Å². The predicted octanol–water partition coefficient (Wildman–Crippen LogP) is 3.08. The van der Waals surface area contributed by atoms with Crippen LogP contribution in [0.3, 0.4) is 0 Å². The first-order chi connectivity index (χ1) is 14.0. The summed E-state index contributed by atoms with van der Waals surface area (Å²) in [5, 5.41) is 33.0. The zero-order valence-electron chi connectivity index (χ0n) is 15.0. The molecule has 0 aromatic heterocycles. The van der Waals surface area contributed by atoms with Crippen LogP contribution in [0.2, 0.25) is 5.02 Å². The van der Waals surface area contributed by atoms with Crippen molar-refractivity contribution >= 4 is 50.4 Å². The number of azo groups is 1. The average molecular weight is 454 g/mol. The lowest BCUT2D eigenvalue weighted by Crippen LogP contribution is -2.30. The maximum atomic E-state index is 12.7.